The Kier molecular flexibility index (Phi) is 6.74. The first kappa shape index (κ1) is 22.3. The van der Waals surface area contributed by atoms with E-state index in [2.05, 4.69) is 26.3 Å². The van der Waals surface area contributed by atoms with Crippen LogP contribution >= 0.6 is 0 Å². The summed E-state index contributed by atoms with van der Waals surface area (Å²) in [5, 5.41) is 18.3. The summed E-state index contributed by atoms with van der Waals surface area (Å²) >= 11 is 0. The molecule has 0 saturated heterocycles. The van der Waals surface area contributed by atoms with Crippen LogP contribution in [0.1, 0.15) is 28.2 Å². The number of hydrogen-bond donors (Lipinski definition) is 4. The number of allylic oxidation sites excluding steroid dienone is 4. The molecule has 2 aliphatic carbocycles. The largest absolute Gasteiger partial charge is 0.481 e. The van der Waals surface area contributed by atoms with Gasteiger partial charge in [0.05, 0.1) is 0 Å². The fourth-order valence-electron chi connectivity index (χ4n) is 3.06. The van der Waals surface area contributed by atoms with E-state index in [1.54, 1.807) is 12.4 Å². The molecule has 2 aliphatic rings. The lowest BCUT2D eigenvalue weighted by atomic mass is 10.0. The van der Waals surface area contributed by atoms with Crippen molar-refractivity contribution in [1.82, 2.24) is 20.2 Å². The van der Waals surface area contributed by atoms with Gasteiger partial charge in [0.1, 0.15) is 17.3 Å². The van der Waals surface area contributed by atoms with Crippen LogP contribution in [0.4, 0.5) is 0 Å². The molecule has 2 heterocycles. The Bertz CT molecular complexity index is 1230. The van der Waals surface area contributed by atoms with Gasteiger partial charge in [-0.1, -0.05) is 6.08 Å². The monoisotopic (exact) mass is 438 g/mol. The van der Waals surface area contributed by atoms with E-state index in [0.29, 0.717) is 5.70 Å². The van der Waals surface area contributed by atoms with Gasteiger partial charge in [0.25, 0.3) is 5.91 Å². The van der Waals surface area contributed by atoms with E-state index in [-0.39, 0.29) is 11.7 Å². The van der Waals surface area contributed by atoms with Crippen LogP contribution in [0.2, 0.25) is 0 Å². The Morgan fingerprint density at radius 2 is 1.91 bits per heavy atom. The van der Waals surface area contributed by atoms with Crippen molar-refractivity contribution >= 4 is 36.1 Å². The number of imidazole rings is 1. The molecular weight excluding hydrogens is 416 g/mol. The number of rotatable bonds is 5. The van der Waals surface area contributed by atoms with Gasteiger partial charge in [0.2, 0.25) is 0 Å². The van der Waals surface area contributed by atoms with Crippen LogP contribution in [-0.4, -0.2) is 57.0 Å². The second kappa shape index (κ2) is 9.65. The van der Waals surface area contributed by atoms with Crippen molar-refractivity contribution in [1.29, 1.82) is 0 Å². The molecule has 10 heteroatoms. The lowest BCUT2D eigenvalue weighted by Crippen LogP contribution is -2.23. The van der Waals surface area contributed by atoms with Gasteiger partial charge >= 0.3 is 11.9 Å². The molecule has 4 rings (SSSR count). The minimum Gasteiger partial charge on any atom is -0.481 e. The SMILES string of the molecule is CN(C)C1=CC=c2oc3c(c2C1)C=C(NC(=O)c1ncc[nH]1)C=CC=3.O=C(O)CC(=O)O. The van der Waals surface area contributed by atoms with E-state index < -0.39 is 18.4 Å². The van der Waals surface area contributed by atoms with Crippen LogP contribution in [0.25, 0.3) is 18.2 Å². The van der Waals surface area contributed by atoms with Crippen LogP contribution in [0.5, 0.6) is 0 Å². The summed E-state index contributed by atoms with van der Waals surface area (Å²) in [7, 11) is 4.06. The molecule has 2 aromatic rings. The summed E-state index contributed by atoms with van der Waals surface area (Å²) in [6.45, 7) is 0. The fraction of sp³-hybridized carbons (Fsp3) is 0.182. The van der Waals surface area contributed by atoms with Crippen LogP contribution in [0.15, 0.2) is 46.4 Å². The molecule has 0 aliphatic heterocycles. The number of H-pyrrole nitrogens is 1. The van der Waals surface area contributed by atoms with Crippen LogP contribution in [0.3, 0.4) is 0 Å². The van der Waals surface area contributed by atoms with E-state index >= 15 is 0 Å². The summed E-state index contributed by atoms with van der Waals surface area (Å²) in [6.07, 6.45) is 14.8. The number of fused-ring (bicyclic) bond motifs is 3. The molecule has 0 aromatic carbocycles. The van der Waals surface area contributed by atoms with Crippen molar-refractivity contribution in [2.24, 2.45) is 0 Å². The zero-order valence-electron chi connectivity index (χ0n) is 17.5. The number of amides is 1. The van der Waals surface area contributed by atoms with Crippen LogP contribution < -0.4 is 16.1 Å². The Balaban J connectivity index is 0.000000360. The number of likely N-dealkylation sites (N-methyl/N-ethyl adjacent to an activating group) is 1. The molecule has 0 bridgehead atoms. The molecule has 0 unspecified atom stereocenters. The lowest BCUT2D eigenvalue weighted by molar-refractivity contribution is -0.147. The Hall–Kier alpha value is -4.34. The number of hydrogen-bond acceptors (Lipinski definition) is 6. The Labute approximate surface area is 182 Å². The molecule has 10 nitrogen and oxygen atoms in total. The smallest absolute Gasteiger partial charge is 0.314 e. The molecule has 0 saturated carbocycles. The van der Waals surface area contributed by atoms with Crippen LogP contribution in [0, 0.1) is 0 Å². The topological polar surface area (TPSA) is 149 Å². The highest BCUT2D eigenvalue weighted by Crippen LogP contribution is 2.17. The maximum Gasteiger partial charge on any atom is 0.314 e. The third kappa shape index (κ3) is 5.42. The maximum absolute atomic E-state index is 12.2. The van der Waals surface area contributed by atoms with E-state index in [1.807, 2.05) is 44.5 Å². The number of carboxylic acid groups (broad SMARTS) is 2. The zero-order chi connectivity index (χ0) is 23.3. The molecule has 0 radical (unpaired) electrons. The van der Waals surface area contributed by atoms with E-state index in [0.717, 1.165) is 28.4 Å². The highest BCUT2D eigenvalue weighted by atomic mass is 16.4. The molecule has 4 N–H and O–H groups in total. The number of aromatic nitrogens is 2. The number of carbonyl (C=O) groups is 3. The number of furan rings is 1. The number of nitrogens with zero attached hydrogens (tertiary/aromatic N) is 2. The number of nitrogens with one attached hydrogen (secondary N) is 2. The van der Waals surface area contributed by atoms with Gasteiger partial charge < -0.3 is 29.8 Å². The van der Waals surface area contributed by atoms with Gasteiger partial charge in [-0.05, 0) is 30.4 Å². The molecule has 0 atom stereocenters. The standard InChI is InChI=1S/C19H18N4O2.C3H4O4/c1-23(2)13-6-7-17-15(11-13)14-10-12(4-3-5-16(14)25-17)22-19(24)18-20-8-9-21-18;4-2(5)1-3(6)7/h3-10H,11H2,1-2H3,(H,20,21)(H,22,24);1H2,(H,4,5)(H,6,7). The Morgan fingerprint density at radius 3 is 2.50 bits per heavy atom. The molecule has 0 spiro atoms. The second-order valence-electron chi connectivity index (χ2n) is 7.10. The summed E-state index contributed by atoms with van der Waals surface area (Å²) < 4.78 is 5.96. The molecule has 2 aromatic heterocycles. The molecule has 1 amide bonds. The predicted octanol–water partition coefficient (Wildman–Crippen LogP) is 0.452. The zero-order valence-corrected chi connectivity index (χ0v) is 17.5. The quantitative estimate of drug-likeness (QED) is 0.492. The summed E-state index contributed by atoms with van der Waals surface area (Å²) in [6, 6.07) is 0. The van der Waals surface area contributed by atoms with Gasteiger partial charge in [0, 0.05) is 55.4 Å². The first-order chi connectivity index (χ1) is 15.2. The summed E-state index contributed by atoms with van der Waals surface area (Å²) in [5.41, 5.74) is 5.71. The highest BCUT2D eigenvalue weighted by molar-refractivity contribution is 5.93. The van der Waals surface area contributed by atoms with Gasteiger partial charge in [-0.25, -0.2) is 4.98 Å². The van der Waals surface area contributed by atoms with Gasteiger partial charge in [-0.3, -0.25) is 14.4 Å². The van der Waals surface area contributed by atoms with Crippen molar-refractivity contribution in [2.75, 3.05) is 14.1 Å². The minimum absolute atomic E-state index is 0.276. The van der Waals surface area contributed by atoms with E-state index in [1.165, 1.54) is 5.70 Å². The van der Waals surface area contributed by atoms with Crippen molar-refractivity contribution in [3.05, 3.63) is 69.8 Å². The minimum atomic E-state index is -1.31. The average Bonchev–Trinajstić information content (AvgIpc) is 3.31. The van der Waals surface area contributed by atoms with Gasteiger partial charge in [-0.2, -0.15) is 0 Å². The van der Waals surface area contributed by atoms with Crippen molar-refractivity contribution in [3.63, 3.8) is 0 Å². The first-order valence-electron chi connectivity index (χ1n) is 9.59. The third-order valence-corrected chi connectivity index (χ3v) is 4.56. The third-order valence-electron chi connectivity index (χ3n) is 4.56. The van der Waals surface area contributed by atoms with E-state index in [9.17, 15) is 14.4 Å². The number of carbonyl (C=O) groups excluding carboxylic acids is 1. The Morgan fingerprint density at radius 1 is 1.16 bits per heavy atom. The number of aliphatic carboxylic acids is 2. The summed E-state index contributed by atoms with van der Waals surface area (Å²) in [4.78, 5) is 40.0. The fourth-order valence-corrected chi connectivity index (χ4v) is 3.06. The molecular formula is C22H22N4O6. The van der Waals surface area contributed by atoms with Gasteiger partial charge in [0.15, 0.2) is 5.82 Å². The van der Waals surface area contributed by atoms with Gasteiger partial charge in [-0.15, -0.1) is 0 Å². The average molecular weight is 438 g/mol. The number of aromatic amines is 1. The first-order valence-corrected chi connectivity index (χ1v) is 9.59. The lowest BCUT2D eigenvalue weighted by Gasteiger charge is -2.18. The van der Waals surface area contributed by atoms with Crippen molar-refractivity contribution < 1.29 is 29.0 Å². The second-order valence-corrected chi connectivity index (χ2v) is 7.10. The van der Waals surface area contributed by atoms with Crippen molar-refractivity contribution in [3.8, 4) is 0 Å². The van der Waals surface area contributed by atoms with Crippen molar-refractivity contribution in [2.45, 2.75) is 12.8 Å². The molecule has 32 heavy (non-hydrogen) atoms. The maximum atomic E-state index is 12.2. The van der Waals surface area contributed by atoms with E-state index in [4.69, 9.17) is 14.6 Å². The normalized spacial score (nSPS) is 13.4. The summed E-state index contributed by atoms with van der Waals surface area (Å²) in [5.74, 6) is -2.62. The number of carboxylic acids is 2. The highest BCUT2D eigenvalue weighted by Gasteiger charge is 2.18. The molecule has 166 valence electrons. The molecule has 0 fully saturated rings. The predicted molar refractivity (Wildman–Crippen MR) is 115 cm³/mol. The van der Waals surface area contributed by atoms with Crippen LogP contribution in [-0.2, 0) is 16.0 Å².